The number of hydrogen-bond donors (Lipinski definition) is 1. The van der Waals surface area contributed by atoms with Gasteiger partial charge in [0.15, 0.2) is 0 Å². The Balaban J connectivity index is 2.77. The summed E-state index contributed by atoms with van der Waals surface area (Å²) in [6.07, 6.45) is 1.21. The fourth-order valence-electron chi connectivity index (χ4n) is 2.10. The SMILES string of the molecule is CCCN(Cc1ccccc1CNC)C(C)C. The minimum absolute atomic E-state index is 0.609. The summed E-state index contributed by atoms with van der Waals surface area (Å²) in [5, 5.41) is 3.24. The quantitative estimate of drug-likeness (QED) is 0.780. The molecule has 0 radical (unpaired) electrons. The first-order valence-electron chi connectivity index (χ1n) is 6.64. The highest BCUT2D eigenvalue weighted by Crippen LogP contribution is 2.13. The molecule has 0 spiro atoms. The summed E-state index contributed by atoms with van der Waals surface area (Å²) in [5.74, 6) is 0. The molecule has 96 valence electrons. The van der Waals surface area contributed by atoms with Crippen molar-refractivity contribution >= 4 is 0 Å². The smallest absolute Gasteiger partial charge is 0.0239 e. The van der Waals surface area contributed by atoms with E-state index in [1.165, 1.54) is 24.1 Å². The summed E-state index contributed by atoms with van der Waals surface area (Å²) >= 11 is 0. The largest absolute Gasteiger partial charge is 0.316 e. The molecule has 0 amide bonds. The van der Waals surface area contributed by atoms with Crippen LogP contribution < -0.4 is 5.32 Å². The zero-order chi connectivity index (χ0) is 12.7. The maximum atomic E-state index is 3.24. The lowest BCUT2D eigenvalue weighted by molar-refractivity contribution is 0.212. The first-order valence-corrected chi connectivity index (χ1v) is 6.64. The van der Waals surface area contributed by atoms with Gasteiger partial charge in [0.25, 0.3) is 0 Å². The molecule has 0 bridgehead atoms. The van der Waals surface area contributed by atoms with Crippen LogP contribution in [0.1, 0.15) is 38.3 Å². The van der Waals surface area contributed by atoms with E-state index in [0.717, 1.165) is 13.1 Å². The van der Waals surface area contributed by atoms with Crippen LogP contribution >= 0.6 is 0 Å². The molecule has 0 unspecified atom stereocenters. The van der Waals surface area contributed by atoms with Crippen LogP contribution in [-0.2, 0) is 13.1 Å². The summed E-state index contributed by atoms with van der Waals surface area (Å²) in [6.45, 7) is 9.98. The molecule has 1 rings (SSSR count). The molecule has 0 aliphatic rings. The molecule has 1 N–H and O–H groups in total. The number of hydrogen-bond acceptors (Lipinski definition) is 2. The Morgan fingerprint density at radius 2 is 1.82 bits per heavy atom. The van der Waals surface area contributed by atoms with Crippen molar-refractivity contribution in [2.24, 2.45) is 0 Å². The number of nitrogens with one attached hydrogen (secondary N) is 1. The van der Waals surface area contributed by atoms with Crippen LogP contribution in [0.5, 0.6) is 0 Å². The maximum absolute atomic E-state index is 3.24. The Bertz CT molecular complexity index is 320. The topological polar surface area (TPSA) is 15.3 Å². The lowest BCUT2D eigenvalue weighted by Gasteiger charge is -2.27. The van der Waals surface area contributed by atoms with E-state index in [1.807, 2.05) is 7.05 Å². The van der Waals surface area contributed by atoms with Gasteiger partial charge in [-0.3, -0.25) is 4.90 Å². The van der Waals surface area contributed by atoms with Crippen molar-refractivity contribution in [2.45, 2.75) is 46.3 Å². The Kier molecular flexibility index (Phi) is 6.23. The molecule has 0 heterocycles. The van der Waals surface area contributed by atoms with Gasteiger partial charge in [0.05, 0.1) is 0 Å². The lowest BCUT2D eigenvalue weighted by Crippen LogP contribution is -2.31. The summed E-state index contributed by atoms with van der Waals surface area (Å²) in [5.41, 5.74) is 2.86. The van der Waals surface area contributed by atoms with E-state index in [9.17, 15) is 0 Å². The second-order valence-corrected chi connectivity index (χ2v) is 4.86. The average molecular weight is 234 g/mol. The molecule has 0 atom stereocenters. The van der Waals surface area contributed by atoms with Gasteiger partial charge >= 0.3 is 0 Å². The van der Waals surface area contributed by atoms with Crippen LogP contribution in [0, 0.1) is 0 Å². The van der Waals surface area contributed by atoms with E-state index >= 15 is 0 Å². The third-order valence-electron chi connectivity index (χ3n) is 3.10. The fourth-order valence-corrected chi connectivity index (χ4v) is 2.10. The van der Waals surface area contributed by atoms with Gasteiger partial charge in [-0.05, 0) is 45.0 Å². The van der Waals surface area contributed by atoms with Crippen LogP contribution in [0.2, 0.25) is 0 Å². The molecular weight excluding hydrogens is 208 g/mol. The van der Waals surface area contributed by atoms with Crippen molar-refractivity contribution in [3.63, 3.8) is 0 Å². The van der Waals surface area contributed by atoms with Crippen molar-refractivity contribution in [2.75, 3.05) is 13.6 Å². The molecule has 0 saturated carbocycles. The third-order valence-corrected chi connectivity index (χ3v) is 3.10. The van der Waals surface area contributed by atoms with Gasteiger partial charge in [-0.25, -0.2) is 0 Å². The Morgan fingerprint density at radius 1 is 1.18 bits per heavy atom. The predicted molar refractivity (Wildman–Crippen MR) is 75.0 cm³/mol. The minimum atomic E-state index is 0.609. The Morgan fingerprint density at radius 3 is 2.35 bits per heavy atom. The van der Waals surface area contributed by atoms with Crippen LogP contribution in [0.3, 0.4) is 0 Å². The van der Waals surface area contributed by atoms with Gasteiger partial charge in [0.2, 0.25) is 0 Å². The van der Waals surface area contributed by atoms with Crippen molar-refractivity contribution < 1.29 is 0 Å². The molecule has 0 aliphatic heterocycles. The highest BCUT2D eigenvalue weighted by atomic mass is 15.1. The van der Waals surface area contributed by atoms with Gasteiger partial charge in [0, 0.05) is 19.1 Å². The van der Waals surface area contributed by atoms with Gasteiger partial charge < -0.3 is 5.32 Å². The van der Waals surface area contributed by atoms with Crippen molar-refractivity contribution in [1.29, 1.82) is 0 Å². The molecule has 2 heteroatoms. The second-order valence-electron chi connectivity index (χ2n) is 4.86. The fraction of sp³-hybridized carbons (Fsp3) is 0.600. The van der Waals surface area contributed by atoms with E-state index < -0.39 is 0 Å². The van der Waals surface area contributed by atoms with Gasteiger partial charge in [-0.1, -0.05) is 31.2 Å². The Labute approximate surface area is 106 Å². The molecule has 0 fully saturated rings. The summed E-state index contributed by atoms with van der Waals surface area (Å²) < 4.78 is 0. The zero-order valence-corrected chi connectivity index (χ0v) is 11.7. The summed E-state index contributed by atoms with van der Waals surface area (Å²) in [6, 6.07) is 9.33. The van der Waals surface area contributed by atoms with E-state index in [1.54, 1.807) is 0 Å². The van der Waals surface area contributed by atoms with Crippen molar-refractivity contribution in [1.82, 2.24) is 10.2 Å². The van der Waals surface area contributed by atoms with Crippen LogP contribution in [-0.4, -0.2) is 24.5 Å². The van der Waals surface area contributed by atoms with E-state index in [0.29, 0.717) is 6.04 Å². The minimum Gasteiger partial charge on any atom is -0.316 e. The molecular formula is C15H26N2. The van der Waals surface area contributed by atoms with Crippen LogP contribution in [0.15, 0.2) is 24.3 Å². The number of nitrogens with zero attached hydrogens (tertiary/aromatic N) is 1. The van der Waals surface area contributed by atoms with Gasteiger partial charge in [0.1, 0.15) is 0 Å². The monoisotopic (exact) mass is 234 g/mol. The lowest BCUT2D eigenvalue weighted by atomic mass is 10.1. The summed E-state index contributed by atoms with van der Waals surface area (Å²) in [7, 11) is 2.00. The van der Waals surface area contributed by atoms with Gasteiger partial charge in [-0.2, -0.15) is 0 Å². The van der Waals surface area contributed by atoms with E-state index in [2.05, 4.69) is 55.3 Å². The molecule has 0 saturated heterocycles. The summed E-state index contributed by atoms with van der Waals surface area (Å²) in [4.78, 5) is 2.54. The second kappa shape index (κ2) is 7.46. The first kappa shape index (κ1) is 14.2. The molecule has 1 aromatic rings. The van der Waals surface area contributed by atoms with Crippen molar-refractivity contribution in [3.8, 4) is 0 Å². The molecule has 2 nitrogen and oxygen atoms in total. The molecule has 17 heavy (non-hydrogen) atoms. The highest BCUT2D eigenvalue weighted by molar-refractivity contribution is 5.27. The number of rotatable bonds is 7. The van der Waals surface area contributed by atoms with E-state index in [4.69, 9.17) is 0 Å². The zero-order valence-electron chi connectivity index (χ0n) is 11.7. The maximum Gasteiger partial charge on any atom is 0.0239 e. The van der Waals surface area contributed by atoms with Gasteiger partial charge in [-0.15, -0.1) is 0 Å². The van der Waals surface area contributed by atoms with Crippen LogP contribution in [0.25, 0.3) is 0 Å². The molecule has 0 aromatic heterocycles. The predicted octanol–water partition coefficient (Wildman–Crippen LogP) is 3.03. The Hall–Kier alpha value is -0.860. The molecule has 1 aromatic carbocycles. The average Bonchev–Trinajstić information content (AvgIpc) is 2.31. The third kappa shape index (κ3) is 4.49. The van der Waals surface area contributed by atoms with Crippen molar-refractivity contribution in [3.05, 3.63) is 35.4 Å². The normalized spacial score (nSPS) is 11.4. The highest BCUT2D eigenvalue weighted by Gasteiger charge is 2.10. The molecule has 0 aliphatic carbocycles. The standard InChI is InChI=1S/C15H26N2/c1-5-10-17(13(2)3)12-15-9-7-6-8-14(15)11-16-4/h6-9,13,16H,5,10-12H2,1-4H3. The van der Waals surface area contributed by atoms with Crippen LogP contribution in [0.4, 0.5) is 0 Å². The number of benzene rings is 1. The van der Waals surface area contributed by atoms with E-state index in [-0.39, 0.29) is 0 Å². The first-order chi connectivity index (χ1) is 8.19.